The summed E-state index contributed by atoms with van der Waals surface area (Å²) in [6, 6.07) is 6.76. The van der Waals surface area contributed by atoms with Crippen molar-refractivity contribution < 1.29 is 17.6 Å². The minimum atomic E-state index is -4.68. The molecule has 1 aromatic heterocycles. The van der Waals surface area contributed by atoms with E-state index < -0.39 is 17.6 Å². The maximum absolute atomic E-state index is 13.5. The summed E-state index contributed by atoms with van der Waals surface area (Å²) in [7, 11) is 0. The fourth-order valence-corrected chi connectivity index (χ4v) is 2.60. The van der Waals surface area contributed by atoms with Crippen LogP contribution in [0, 0.1) is 5.82 Å². The molecule has 0 spiro atoms. The lowest BCUT2D eigenvalue weighted by Gasteiger charge is -2.17. The average molecular weight is 372 g/mol. The van der Waals surface area contributed by atoms with Crippen LogP contribution in [-0.4, -0.2) is 15.2 Å². The second kappa shape index (κ2) is 6.25. The number of halogens is 5. The molecule has 4 N–H and O–H groups in total. The van der Waals surface area contributed by atoms with Crippen molar-refractivity contribution in [3.63, 3.8) is 0 Å². The van der Waals surface area contributed by atoms with Gasteiger partial charge in [0, 0.05) is 11.3 Å². The van der Waals surface area contributed by atoms with Crippen LogP contribution in [0.4, 0.5) is 35.1 Å². The third kappa shape index (κ3) is 3.66. The number of aromatic amines is 1. The molecular formula is C15H10ClF4N5. The number of hydrogen-bond donors (Lipinski definition) is 3. The topological polar surface area (TPSA) is 79.6 Å². The number of hydrogen-bond acceptors (Lipinski definition) is 4. The van der Waals surface area contributed by atoms with Gasteiger partial charge in [0.25, 0.3) is 0 Å². The van der Waals surface area contributed by atoms with Gasteiger partial charge < -0.3 is 11.1 Å². The van der Waals surface area contributed by atoms with Crippen molar-refractivity contribution in [2.75, 3.05) is 11.1 Å². The minimum absolute atomic E-state index is 0.00350. The summed E-state index contributed by atoms with van der Waals surface area (Å²) in [6.07, 6.45) is -4.68. The van der Waals surface area contributed by atoms with E-state index in [1.54, 1.807) is 0 Å². The average Bonchev–Trinajstić information content (AvgIpc) is 2.92. The highest BCUT2D eigenvalue weighted by Gasteiger charge is 2.35. The van der Waals surface area contributed by atoms with Crippen molar-refractivity contribution in [2.45, 2.75) is 6.18 Å². The summed E-state index contributed by atoms with van der Waals surface area (Å²) in [5.41, 5.74) is 4.33. The third-order valence-electron chi connectivity index (χ3n) is 3.29. The molecule has 0 saturated heterocycles. The van der Waals surface area contributed by atoms with Gasteiger partial charge in [0.05, 0.1) is 10.6 Å². The van der Waals surface area contributed by atoms with Gasteiger partial charge in [-0.2, -0.15) is 18.2 Å². The molecule has 25 heavy (non-hydrogen) atoms. The fourth-order valence-electron chi connectivity index (χ4n) is 2.27. The first kappa shape index (κ1) is 17.0. The molecule has 0 radical (unpaired) electrons. The SMILES string of the molecule is Nc1nc(Nc2cc(Cl)c(-c3ccc(F)cc3)c(C(F)(F)F)c2)n[nH]1. The molecular weight excluding hydrogens is 362 g/mol. The Kier molecular flexibility index (Phi) is 4.25. The molecule has 0 atom stereocenters. The largest absolute Gasteiger partial charge is 0.417 e. The maximum Gasteiger partial charge on any atom is 0.417 e. The molecule has 1 heterocycles. The van der Waals surface area contributed by atoms with E-state index in [1.165, 1.54) is 18.2 Å². The van der Waals surface area contributed by atoms with E-state index in [4.69, 9.17) is 17.3 Å². The predicted molar refractivity (Wildman–Crippen MR) is 85.9 cm³/mol. The molecule has 5 nitrogen and oxygen atoms in total. The third-order valence-corrected chi connectivity index (χ3v) is 3.59. The monoisotopic (exact) mass is 371 g/mol. The maximum atomic E-state index is 13.5. The first-order chi connectivity index (χ1) is 11.7. The molecule has 0 amide bonds. The molecule has 0 unspecified atom stereocenters. The van der Waals surface area contributed by atoms with Gasteiger partial charge >= 0.3 is 6.18 Å². The van der Waals surface area contributed by atoms with Crippen molar-refractivity contribution >= 4 is 29.2 Å². The molecule has 2 aromatic carbocycles. The van der Waals surface area contributed by atoms with Crippen molar-refractivity contribution in [1.29, 1.82) is 0 Å². The number of rotatable bonds is 3. The summed E-state index contributed by atoms with van der Waals surface area (Å²) >= 11 is 6.08. The van der Waals surface area contributed by atoms with Crippen molar-refractivity contribution in [2.24, 2.45) is 0 Å². The van der Waals surface area contributed by atoms with E-state index in [1.807, 2.05) is 0 Å². The van der Waals surface area contributed by atoms with Gasteiger partial charge in [-0.25, -0.2) is 9.49 Å². The molecule has 3 rings (SSSR count). The van der Waals surface area contributed by atoms with Gasteiger partial charge in [0.2, 0.25) is 11.9 Å². The van der Waals surface area contributed by atoms with Crippen LogP contribution < -0.4 is 11.1 Å². The van der Waals surface area contributed by atoms with Crippen LogP contribution in [0.5, 0.6) is 0 Å². The summed E-state index contributed by atoms with van der Waals surface area (Å²) in [5, 5.41) is 8.47. The van der Waals surface area contributed by atoms with E-state index >= 15 is 0 Å². The number of nitrogens with two attached hydrogens (primary N) is 1. The Balaban J connectivity index is 2.10. The summed E-state index contributed by atoms with van der Waals surface area (Å²) < 4.78 is 53.5. The predicted octanol–water partition coefficient (Wildman–Crippen LogP) is 4.61. The zero-order chi connectivity index (χ0) is 18.2. The minimum Gasteiger partial charge on any atom is -0.368 e. The van der Waals surface area contributed by atoms with Crippen molar-refractivity contribution in [3.8, 4) is 11.1 Å². The first-order valence-corrected chi connectivity index (χ1v) is 7.23. The van der Waals surface area contributed by atoms with E-state index in [9.17, 15) is 17.6 Å². The number of alkyl halides is 3. The zero-order valence-corrected chi connectivity index (χ0v) is 13.1. The molecule has 10 heteroatoms. The van der Waals surface area contributed by atoms with Crippen LogP contribution in [0.1, 0.15) is 5.56 Å². The van der Waals surface area contributed by atoms with Gasteiger partial charge in [-0.1, -0.05) is 23.7 Å². The zero-order valence-electron chi connectivity index (χ0n) is 12.3. The molecule has 0 aliphatic heterocycles. The molecule has 0 bridgehead atoms. The van der Waals surface area contributed by atoms with Gasteiger partial charge in [-0.3, -0.25) is 0 Å². The Hall–Kier alpha value is -2.81. The number of benzene rings is 2. The lowest BCUT2D eigenvalue weighted by atomic mass is 9.98. The van der Waals surface area contributed by atoms with E-state index in [-0.39, 0.29) is 33.7 Å². The summed E-state index contributed by atoms with van der Waals surface area (Å²) in [4.78, 5) is 3.75. The number of aromatic nitrogens is 3. The van der Waals surface area contributed by atoms with E-state index in [0.717, 1.165) is 18.2 Å². The lowest BCUT2D eigenvalue weighted by molar-refractivity contribution is -0.137. The number of H-pyrrole nitrogens is 1. The van der Waals surface area contributed by atoms with Gasteiger partial charge in [-0.05, 0) is 29.8 Å². The lowest BCUT2D eigenvalue weighted by Crippen LogP contribution is -2.09. The van der Waals surface area contributed by atoms with Crippen LogP contribution in [0.25, 0.3) is 11.1 Å². The number of nitrogen functional groups attached to an aromatic ring is 1. The van der Waals surface area contributed by atoms with Crippen LogP contribution in [-0.2, 0) is 6.18 Å². The highest BCUT2D eigenvalue weighted by atomic mass is 35.5. The fraction of sp³-hybridized carbons (Fsp3) is 0.0667. The normalized spacial score (nSPS) is 11.6. The van der Waals surface area contributed by atoms with Crippen LogP contribution in [0.15, 0.2) is 36.4 Å². The molecule has 3 aromatic rings. The van der Waals surface area contributed by atoms with Gasteiger partial charge in [0.15, 0.2) is 0 Å². The molecule has 0 fully saturated rings. The van der Waals surface area contributed by atoms with Crippen LogP contribution >= 0.6 is 11.6 Å². The Morgan fingerprint density at radius 1 is 1.12 bits per heavy atom. The van der Waals surface area contributed by atoms with E-state index in [2.05, 4.69) is 20.5 Å². The van der Waals surface area contributed by atoms with Crippen molar-refractivity contribution in [3.05, 3.63) is 52.8 Å². The van der Waals surface area contributed by atoms with Crippen molar-refractivity contribution in [1.82, 2.24) is 15.2 Å². The number of anilines is 3. The molecule has 0 saturated carbocycles. The molecule has 0 aliphatic carbocycles. The number of nitrogens with one attached hydrogen (secondary N) is 2. The Morgan fingerprint density at radius 3 is 2.36 bits per heavy atom. The smallest absolute Gasteiger partial charge is 0.368 e. The summed E-state index contributed by atoms with van der Waals surface area (Å²) in [5.74, 6) is -0.558. The first-order valence-electron chi connectivity index (χ1n) is 6.85. The quantitative estimate of drug-likeness (QED) is 0.587. The standard InChI is InChI=1S/C15H10ClF4N5/c16-11-6-9(22-14-23-13(21)24-25-14)5-10(15(18,19)20)12(11)7-1-3-8(17)4-2-7/h1-6H,(H4,21,22,23,24,25). The second-order valence-electron chi connectivity index (χ2n) is 5.05. The van der Waals surface area contributed by atoms with Crippen LogP contribution in [0.2, 0.25) is 5.02 Å². The Bertz CT molecular complexity index is 905. The van der Waals surface area contributed by atoms with E-state index in [0.29, 0.717) is 0 Å². The Labute approximate surface area is 143 Å². The Morgan fingerprint density at radius 2 is 1.80 bits per heavy atom. The van der Waals surface area contributed by atoms with Crippen LogP contribution in [0.3, 0.4) is 0 Å². The van der Waals surface area contributed by atoms with Gasteiger partial charge in [0.1, 0.15) is 5.82 Å². The molecule has 130 valence electrons. The second-order valence-corrected chi connectivity index (χ2v) is 5.46. The van der Waals surface area contributed by atoms with Gasteiger partial charge in [-0.15, -0.1) is 5.10 Å². The highest BCUT2D eigenvalue weighted by molar-refractivity contribution is 6.33. The number of nitrogens with zero attached hydrogens (tertiary/aromatic N) is 2. The molecule has 0 aliphatic rings. The summed E-state index contributed by atoms with van der Waals surface area (Å²) in [6.45, 7) is 0. The highest BCUT2D eigenvalue weighted by Crippen LogP contribution is 2.43.